The van der Waals surface area contributed by atoms with Crippen LogP contribution in [-0.2, 0) is 22.3 Å². The first kappa shape index (κ1) is 13.3. The zero-order valence-electron chi connectivity index (χ0n) is 9.86. The number of carbonyl (C=O) groups excluding carboxylic acids is 2. The second kappa shape index (κ2) is 4.49. The number of nitrogens with zero attached hydrogens (tertiary/aromatic N) is 2. The number of ketones is 1. The maximum absolute atomic E-state index is 12.5. The molecule has 1 amide bonds. The number of hydrogen-bond acceptors (Lipinski definition) is 3. The maximum Gasteiger partial charge on any atom is 0.416 e. The Hall–Kier alpha value is -2.18. The summed E-state index contributed by atoms with van der Waals surface area (Å²) < 4.78 is 37.6. The van der Waals surface area contributed by atoms with E-state index in [1.807, 2.05) is 0 Å². The summed E-state index contributed by atoms with van der Waals surface area (Å²) in [5.74, 6) is -1.55. The molecule has 0 bridgehead atoms. The number of halogens is 3. The van der Waals surface area contributed by atoms with E-state index in [1.54, 1.807) is 0 Å². The van der Waals surface area contributed by atoms with Crippen LogP contribution in [0.5, 0.6) is 0 Å². The molecule has 0 atom stereocenters. The van der Waals surface area contributed by atoms with E-state index in [1.165, 1.54) is 19.1 Å². The summed E-state index contributed by atoms with van der Waals surface area (Å²) in [7, 11) is 0. The van der Waals surface area contributed by atoms with Crippen LogP contribution in [0.15, 0.2) is 29.4 Å². The van der Waals surface area contributed by atoms with Crippen LogP contribution in [0.4, 0.5) is 13.2 Å². The lowest BCUT2D eigenvalue weighted by molar-refractivity contribution is -0.140. The summed E-state index contributed by atoms with van der Waals surface area (Å²) in [5.41, 5.74) is -0.505. The van der Waals surface area contributed by atoms with Gasteiger partial charge in [-0.05, 0) is 24.6 Å². The van der Waals surface area contributed by atoms with Crippen molar-refractivity contribution in [1.29, 1.82) is 0 Å². The lowest BCUT2D eigenvalue weighted by atomic mass is 10.1. The molecule has 1 aromatic rings. The van der Waals surface area contributed by atoms with Crippen LogP contribution in [-0.4, -0.2) is 22.4 Å². The van der Waals surface area contributed by atoms with Gasteiger partial charge in [0.25, 0.3) is 5.78 Å². The monoisotopic (exact) mass is 270 g/mol. The first-order valence-corrected chi connectivity index (χ1v) is 5.36. The highest BCUT2D eigenvalue weighted by Crippen LogP contribution is 2.29. The van der Waals surface area contributed by atoms with Crippen LogP contribution < -0.4 is 0 Å². The van der Waals surface area contributed by atoms with Gasteiger partial charge in [-0.25, -0.2) is 5.01 Å². The Morgan fingerprint density at radius 1 is 1.26 bits per heavy atom. The highest BCUT2D eigenvalue weighted by atomic mass is 19.4. The Morgan fingerprint density at radius 2 is 1.95 bits per heavy atom. The quantitative estimate of drug-likeness (QED) is 0.772. The Labute approximate surface area is 106 Å². The van der Waals surface area contributed by atoms with Gasteiger partial charge in [-0.3, -0.25) is 9.59 Å². The largest absolute Gasteiger partial charge is 0.416 e. The number of hydrazone groups is 1. The molecule has 0 saturated carbocycles. The molecule has 7 heteroatoms. The number of Topliss-reactive ketones (excluding diaryl/α,β-unsaturated/α-hetero) is 1. The Bertz CT molecular complexity index is 579. The van der Waals surface area contributed by atoms with Gasteiger partial charge in [0.05, 0.1) is 12.1 Å². The topological polar surface area (TPSA) is 49.7 Å². The molecule has 0 spiro atoms. The molecular weight excluding hydrogens is 261 g/mol. The van der Waals surface area contributed by atoms with Crippen molar-refractivity contribution in [2.24, 2.45) is 5.10 Å². The number of alkyl halides is 3. The lowest BCUT2D eigenvalue weighted by Gasteiger charge is -2.12. The zero-order valence-corrected chi connectivity index (χ0v) is 9.86. The summed E-state index contributed by atoms with van der Waals surface area (Å²) in [6.07, 6.45) is -4.44. The van der Waals surface area contributed by atoms with E-state index in [4.69, 9.17) is 0 Å². The van der Waals surface area contributed by atoms with Crippen LogP contribution in [0.25, 0.3) is 0 Å². The number of amides is 1. The Kier molecular flexibility index (Phi) is 3.13. The maximum atomic E-state index is 12.5. The van der Waals surface area contributed by atoms with Crippen molar-refractivity contribution >= 4 is 17.4 Å². The average Bonchev–Trinajstić information content (AvgIpc) is 2.56. The van der Waals surface area contributed by atoms with Crippen molar-refractivity contribution in [3.05, 3.63) is 35.4 Å². The number of rotatable bonds is 2. The van der Waals surface area contributed by atoms with Gasteiger partial charge in [0, 0.05) is 0 Å². The molecule has 0 aliphatic carbocycles. The van der Waals surface area contributed by atoms with E-state index in [0.717, 1.165) is 17.1 Å². The molecule has 4 nitrogen and oxygen atoms in total. The number of carbonyl (C=O) groups is 2. The van der Waals surface area contributed by atoms with Crippen molar-refractivity contribution in [2.75, 3.05) is 0 Å². The molecule has 0 N–H and O–H groups in total. The van der Waals surface area contributed by atoms with Gasteiger partial charge in [-0.1, -0.05) is 12.1 Å². The normalized spacial score (nSPS) is 16.0. The fraction of sp³-hybridized carbons (Fsp3) is 0.250. The zero-order chi connectivity index (χ0) is 14.2. The van der Waals surface area contributed by atoms with E-state index in [-0.39, 0.29) is 17.8 Å². The SMILES string of the molecule is CC1=NN(Cc2cccc(C(F)(F)F)c2)C(=O)C1=O. The third kappa shape index (κ3) is 2.64. The molecule has 19 heavy (non-hydrogen) atoms. The summed E-state index contributed by atoms with van der Waals surface area (Å²) in [5, 5.41) is 4.58. The minimum absolute atomic E-state index is 0.0389. The second-order valence-corrected chi connectivity index (χ2v) is 4.08. The van der Waals surface area contributed by atoms with Gasteiger partial charge in [0.15, 0.2) is 0 Å². The summed E-state index contributed by atoms with van der Waals surface area (Å²) in [6, 6.07) is 4.56. The van der Waals surface area contributed by atoms with E-state index in [9.17, 15) is 22.8 Å². The predicted octanol–water partition coefficient (Wildman–Crippen LogP) is 1.99. The molecular formula is C12H9F3N2O2. The van der Waals surface area contributed by atoms with Crippen LogP contribution in [0.3, 0.4) is 0 Å². The van der Waals surface area contributed by atoms with Crippen LogP contribution >= 0.6 is 0 Å². The first-order valence-electron chi connectivity index (χ1n) is 5.36. The van der Waals surface area contributed by atoms with Crippen molar-refractivity contribution in [2.45, 2.75) is 19.6 Å². The van der Waals surface area contributed by atoms with E-state index in [0.29, 0.717) is 0 Å². The molecule has 1 aliphatic rings. The lowest BCUT2D eigenvalue weighted by Crippen LogP contribution is -2.26. The second-order valence-electron chi connectivity index (χ2n) is 4.08. The van der Waals surface area contributed by atoms with Crippen molar-refractivity contribution in [3.63, 3.8) is 0 Å². The third-order valence-electron chi connectivity index (χ3n) is 2.61. The van der Waals surface area contributed by atoms with Gasteiger partial charge in [-0.2, -0.15) is 18.3 Å². The van der Waals surface area contributed by atoms with Crippen molar-refractivity contribution < 1.29 is 22.8 Å². The van der Waals surface area contributed by atoms with Gasteiger partial charge in [-0.15, -0.1) is 0 Å². The van der Waals surface area contributed by atoms with Crippen molar-refractivity contribution in [1.82, 2.24) is 5.01 Å². The van der Waals surface area contributed by atoms with Gasteiger partial charge >= 0.3 is 12.1 Å². The smallest absolute Gasteiger partial charge is 0.282 e. The summed E-state index contributed by atoms with van der Waals surface area (Å²) in [6.45, 7) is 1.22. The predicted molar refractivity (Wildman–Crippen MR) is 60.1 cm³/mol. The third-order valence-corrected chi connectivity index (χ3v) is 2.61. The Morgan fingerprint density at radius 3 is 2.47 bits per heavy atom. The van der Waals surface area contributed by atoms with Crippen LogP contribution in [0, 0.1) is 0 Å². The molecule has 1 aromatic carbocycles. The van der Waals surface area contributed by atoms with E-state index in [2.05, 4.69) is 5.10 Å². The molecule has 1 heterocycles. The fourth-order valence-corrected chi connectivity index (χ4v) is 1.67. The van der Waals surface area contributed by atoms with Crippen LogP contribution in [0.1, 0.15) is 18.1 Å². The van der Waals surface area contributed by atoms with Gasteiger partial charge < -0.3 is 0 Å². The molecule has 100 valence electrons. The summed E-state index contributed by atoms with van der Waals surface area (Å²) >= 11 is 0. The molecule has 2 rings (SSSR count). The standard InChI is InChI=1S/C12H9F3N2O2/c1-7-10(18)11(19)17(16-7)6-8-3-2-4-9(5-8)12(13,14)15/h2-5H,6H2,1H3. The summed E-state index contributed by atoms with van der Waals surface area (Å²) in [4.78, 5) is 22.7. The minimum Gasteiger partial charge on any atom is -0.282 e. The number of benzene rings is 1. The van der Waals surface area contributed by atoms with E-state index < -0.39 is 23.4 Å². The minimum atomic E-state index is -4.44. The van der Waals surface area contributed by atoms with E-state index >= 15 is 0 Å². The molecule has 0 radical (unpaired) electrons. The average molecular weight is 270 g/mol. The fourth-order valence-electron chi connectivity index (χ4n) is 1.67. The van der Waals surface area contributed by atoms with Crippen molar-refractivity contribution in [3.8, 4) is 0 Å². The number of hydrogen-bond donors (Lipinski definition) is 0. The molecule has 1 aliphatic heterocycles. The highest BCUT2D eigenvalue weighted by molar-refractivity contribution is 6.66. The molecule has 0 unspecified atom stereocenters. The molecule has 0 aromatic heterocycles. The molecule has 0 fully saturated rings. The van der Waals surface area contributed by atoms with Crippen LogP contribution in [0.2, 0.25) is 0 Å². The van der Waals surface area contributed by atoms with Gasteiger partial charge in [0.1, 0.15) is 5.71 Å². The van der Waals surface area contributed by atoms with Gasteiger partial charge in [0.2, 0.25) is 0 Å². The Balaban J connectivity index is 2.21. The first-order chi connectivity index (χ1) is 8.79. The molecule has 0 saturated heterocycles. The highest BCUT2D eigenvalue weighted by Gasteiger charge is 2.33.